The van der Waals surface area contributed by atoms with E-state index in [9.17, 15) is 29.3 Å². The average Bonchev–Trinajstić information content (AvgIpc) is 3.04. The standard InChI is InChI=1S/C17H9N3O7/c21-14-10-6-12-13(7-11(10)15(22)18(14)8-27-20(25)26)17(24)19(16(12)23)9-4-2-1-3-5-9/h1-7H,8H2. The van der Waals surface area contributed by atoms with Crippen molar-refractivity contribution >= 4 is 21.5 Å². The van der Waals surface area contributed by atoms with Crippen molar-refractivity contribution in [2.45, 2.75) is 6.73 Å². The number of aromatic nitrogens is 2. The average molecular weight is 367 g/mol. The van der Waals surface area contributed by atoms with Gasteiger partial charge in [-0.3, -0.25) is 24.0 Å². The SMILES string of the molecule is O=c1c2cc3c(=O)n(-c4ccccc4)c(=O)c3cc2c(=O)n1CO[N+](=O)[O-]. The third-order valence-corrected chi connectivity index (χ3v) is 4.28. The summed E-state index contributed by atoms with van der Waals surface area (Å²) in [6.07, 6.45) is 0. The van der Waals surface area contributed by atoms with Crippen molar-refractivity contribution < 1.29 is 9.92 Å². The monoisotopic (exact) mass is 367 g/mol. The third kappa shape index (κ3) is 2.34. The first-order chi connectivity index (χ1) is 12.9. The van der Waals surface area contributed by atoms with Gasteiger partial charge in [0.25, 0.3) is 27.3 Å². The minimum atomic E-state index is -1.13. The molecule has 0 unspecified atom stereocenters. The van der Waals surface area contributed by atoms with Crippen LogP contribution in [-0.2, 0) is 11.6 Å². The van der Waals surface area contributed by atoms with Gasteiger partial charge >= 0.3 is 0 Å². The minimum Gasteiger partial charge on any atom is -0.292 e. The maximum absolute atomic E-state index is 12.7. The molecule has 134 valence electrons. The number of fused-ring (bicyclic) bond motifs is 2. The molecule has 0 atom stereocenters. The number of para-hydroxylation sites is 1. The molecule has 0 amide bonds. The largest absolute Gasteiger partial charge is 0.296 e. The van der Waals surface area contributed by atoms with E-state index in [4.69, 9.17) is 0 Å². The van der Waals surface area contributed by atoms with E-state index in [0.717, 1.165) is 4.57 Å². The molecule has 10 heteroatoms. The second-order valence-corrected chi connectivity index (χ2v) is 5.74. The Hall–Kier alpha value is -4.08. The van der Waals surface area contributed by atoms with Crippen LogP contribution in [0.4, 0.5) is 0 Å². The summed E-state index contributed by atoms with van der Waals surface area (Å²) in [6, 6.07) is 10.6. The summed E-state index contributed by atoms with van der Waals surface area (Å²) in [4.78, 5) is 64.4. The smallest absolute Gasteiger partial charge is 0.292 e. The van der Waals surface area contributed by atoms with E-state index in [2.05, 4.69) is 4.84 Å². The van der Waals surface area contributed by atoms with Gasteiger partial charge in [-0.2, -0.15) is 0 Å². The van der Waals surface area contributed by atoms with Gasteiger partial charge in [-0.15, -0.1) is 10.1 Å². The van der Waals surface area contributed by atoms with E-state index in [1.165, 1.54) is 12.1 Å². The highest BCUT2D eigenvalue weighted by Crippen LogP contribution is 2.16. The van der Waals surface area contributed by atoms with Crippen molar-refractivity contribution in [2.75, 3.05) is 0 Å². The summed E-state index contributed by atoms with van der Waals surface area (Å²) in [7, 11) is 0. The van der Waals surface area contributed by atoms with E-state index < -0.39 is 34.1 Å². The first-order valence-electron chi connectivity index (χ1n) is 7.65. The lowest BCUT2D eigenvalue weighted by Gasteiger charge is -1.97. The van der Waals surface area contributed by atoms with Crippen molar-refractivity contribution in [3.05, 3.63) is 94.0 Å². The summed E-state index contributed by atoms with van der Waals surface area (Å²) in [5.74, 6) is 0. The van der Waals surface area contributed by atoms with E-state index in [1.54, 1.807) is 30.3 Å². The molecule has 10 nitrogen and oxygen atoms in total. The van der Waals surface area contributed by atoms with E-state index in [0.29, 0.717) is 10.3 Å². The summed E-state index contributed by atoms with van der Waals surface area (Å²) < 4.78 is 1.49. The van der Waals surface area contributed by atoms with Gasteiger partial charge in [0.15, 0.2) is 6.73 Å². The number of rotatable bonds is 4. The number of benzene rings is 2. The molecule has 2 heterocycles. The van der Waals surface area contributed by atoms with Crippen LogP contribution in [0.2, 0.25) is 0 Å². The molecule has 0 bridgehead atoms. The minimum absolute atomic E-state index is 0.0132. The molecule has 0 aliphatic carbocycles. The van der Waals surface area contributed by atoms with Crippen LogP contribution in [-0.4, -0.2) is 14.2 Å². The van der Waals surface area contributed by atoms with Crippen molar-refractivity contribution in [2.24, 2.45) is 0 Å². The number of hydrogen-bond donors (Lipinski definition) is 0. The Labute approximate surface area is 147 Å². The first kappa shape index (κ1) is 16.4. The molecule has 4 aromatic rings. The highest BCUT2D eigenvalue weighted by Gasteiger charge is 2.20. The fraction of sp³-hybridized carbons (Fsp3) is 0.0588. The molecular weight excluding hydrogens is 358 g/mol. The Balaban J connectivity index is 2.03. The Bertz CT molecular complexity index is 1340. The summed E-state index contributed by atoms with van der Waals surface area (Å²) in [5.41, 5.74) is -2.55. The Morgan fingerprint density at radius 2 is 1.30 bits per heavy atom. The van der Waals surface area contributed by atoms with Gasteiger partial charge < -0.3 is 0 Å². The van der Waals surface area contributed by atoms with Gasteiger partial charge in [0.1, 0.15) is 0 Å². The van der Waals surface area contributed by atoms with Crippen LogP contribution in [0.3, 0.4) is 0 Å². The van der Waals surface area contributed by atoms with Crippen LogP contribution in [0.25, 0.3) is 27.2 Å². The fourth-order valence-corrected chi connectivity index (χ4v) is 3.06. The Morgan fingerprint density at radius 1 is 0.815 bits per heavy atom. The highest BCUT2D eigenvalue weighted by atomic mass is 17.0. The fourth-order valence-electron chi connectivity index (χ4n) is 3.06. The van der Waals surface area contributed by atoms with Crippen LogP contribution >= 0.6 is 0 Å². The van der Waals surface area contributed by atoms with Crippen molar-refractivity contribution in [1.29, 1.82) is 0 Å². The van der Waals surface area contributed by atoms with E-state index in [1.807, 2.05) is 0 Å². The zero-order valence-corrected chi connectivity index (χ0v) is 13.4. The third-order valence-electron chi connectivity index (χ3n) is 4.28. The van der Waals surface area contributed by atoms with Crippen molar-refractivity contribution in [3.63, 3.8) is 0 Å². The lowest BCUT2D eigenvalue weighted by Crippen LogP contribution is -2.27. The Kier molecular flexibility index (Phi) is 3.48. The zero-order chi connectivity index (χ0) is 19.3. The predicted molar refractivity (Wildman–Crippen MR) is 94.3 cm³/mol. The summed E-state index contributed by atoms with van der Waals surface area (Å²) in [5, 5.41) is 8.93. The molecule has 0 radical (unpaired) electrons. The maximum atomic E-state index is 12.7. The second kappa shape index (κ2) is 5.73. The van der Waals surface area contributed by atoms with Crippen molar-refractivity contribution in [3.8, 4) is 5.69 Å². The van der Waals surface area contributed by atoms with Gasteiger partial charge in [0, 0.05) is 0 Å². The molecule has 2 aromatic heterocycles. The molecule has 0 fully saturated rings. The molecule has 0 saturated carbocycles. The summed E-state index contributed by atoms with van der Waals surface area (Å²) >= 11 is 0. The molecule has 0 aliphatic rings. The first-order valence-corrected chi connectivity index (χ1v) is 7.65. The van der Waals surface area contributed by atoms with Crippen LogP contribution in [0.15, 0.2) is 61.6 Å². The molecule has 0 saturated heterocycles. The van der Waals surface area contributed by atoms with Crippen LogP contribution in [0.1, 0.15) is 0 Å². The Morgan fingerprint density at radius 3 is 1.78 bits per heavy atom. The lowest BCUT2D eigenvalue weighted by molar-refractivity contribution is -0.767. The number of hydrogen-bond acceptors (Lipinski definition) is 7. The lowest BCUT2D eigenvalue weighted by atomic mass is 10.1. The second-order valence-electron chi connectivity index (χ2n) is 5.74. The van der Waals surface area contributed by atoms with Gasteiger partial charge in [-0.1, -0.05) is 18.2 Å². The van der Waals surface area contributed by atoms with E-state index >= 15 is 0 Å². The zero-order valence-electron chi connectivity index (χ0n) is 13.4. The van der Waals surface area contributed by atoms with Crippen LogP contribution < -0.4 is 22.2 Å². The summed E-state index contributed by atoms with van der Waals surface area (Å²) in [6.45, 7) is -0.873. The van der Waals surface area contributed by atoms with Crippen LogP contribution in [0.5, 0.6) is 0 Å². The van der Waals surface area contributed by atoms with Gasteiger partial charge in [-0.05, 0) is 24.3 Å². The quantitative estimate of drug-likeness (QED) is 0.368. The van der Waals surface area contributed by atoms with Gasteiger partial charge in [0.05, 0.1) is 27.2 Å². The normalized spacial score (nSPS) is 11.3. The molecule has 4 rings (SSSR count). The van der Waals surface area contributed by atoms with Gasteiger partial charge in [-0.25, -0.2) is 9.13 Å². The van der Waals surface area contributed by atoms with Gasteiger partial charge in [0.2, 0.25) is 0 Å². The molecule has 2 aromatic carbocycles. The molecular formula is C17H9N3O7. The number of nitrogens with zero attached hydrogens (tertiary/aromatic N) is 3. The highest BCUT2D eigenvalue weighted by molar-refractivity contribution is 5.98. The molecule has 0 aliphatic heterocycles. The molecule has 27 heavy (non-hydrogen) atoms. The topological polar surface area (TPSA) is 131 Å². The maximum Gasteiger partial charge on any atom is 0.296 e. The predicted octanol–water partition coefficient (Wildman–Crippen LogP) is 0.0674. The molecule has 0 spiro atoms. The molecule has 0 N–H and O–H groups in total. The van der Waals surface area contributed by atoms with Crippen LogP contribution in [0, 0.1) is 10.1 Å². The van der Waals surface area contributed by atoms with E-state index in [-0.39, 0.29) is 21.5 Å². The van der Waals surface area contributed by atoms with Crippen molar-refractivity contribution in [1.82, 2.24) is 9.13 Å².